The first kappa shape index (κ1) is 25.4. The summed E-state index contributed by atoms with van der Waals surface area (Å²) in [5, 5.41) is 35.3. The number of rotatable bonds is 14. The van der Waals surface area contributed by atoms with E-state index in [-0.39, 0.29) is 30.8 Å². The molecule has 2 atom stereocenters. The van der Waals surface area contributed by atoms with Crippen molar-refractivity contribution in [3.8, 4) is 12.1 Å². The molecule has 0 fully saturated rings. The van der Waals surface area contributed by atoms with Crippen molar-refractivity contribution < 1.29 is 14.7 Å². The summed E-state index contributed by atoms with van der Waals surface area (Å²) in [6.45, 7) is 3.03. The summed E-state index contributed by atoms with van der Waals surface area (Å²) in [6, 6.07) is 3.97. The van der Waals surface area contributed by atoms with E-state index in [4.69, 9.17) is 5.11 Å². The number of carbonyl (C=O) groups excluding carboxylic acids is 1. The quantitative estimate of drug-likeness (QED) is 0.247. The molecule has 0 saturated heterocycles. The molecule has 0 aromatic rings. The summed E-state index contributed by atoms with van der Waals surface area (Å²) in [7, 11) is 0. The Morgan fingerprint density at radius 3 is 2.00 bits per heavy atom. The Bertz CT molecular complexity index is 600. The van der Waals surface area contributed by atoms with E-state index in [1.807, 2.05) is 12.1 Å². The predicted octanol–water partition coefficient (Wildman–Crippen LogP) is 4.40. The van der Waals surface area contributed by atoms with Crippen LogP contribution in [-0.4, -0.2) is 38.8 Å². The fourth-order valence-electron chi connectivity index (χ4n) is 2.00. The van der Waals surface area contributed by atoms with E-state index in [0.29, 0.717) is 0 Å². The van der Waals surface area contributed by atoms with Crippen LogP contribution in [0.4, 0.5) is 0 Å². The van der Waals surface area contributed by atoms with E-state index in [9.17, 15) is 20.1 Å². The van der Waals surface area contributed by atoms with Gasteiger partial charge in [-0.3, -0.25) is 9.59 Å². The summed E-state index contributed by atoms with van der Waals surface area (Å²) in [5.74, 6) is 0.620. The van der Waals surface area contributed by atoms with Gasteiger partial charge < -0.3 is 5.11 Å². The molecule has 7 nitrogen and oxygen atoms in total. The molecule has 27 heavy (non-hydrogen) atoms. The lowest BCUT2D eigenvalue weighted by atomic mass is 9.98. The van der Waals surface area contributed by atoms with Crippen LogP contribution in [0.5, 0.6) is 0 Å². The van der Waals surface area contributed by atoms with Crippen LogP contribution in [0.3, 0.4) is 0 Å². The number of unbranched alkanes of at least 4 members (excludes halogenated alkanes) is 3. The molecule has 2 unspecified atom stereocenters. The van der Waals surface area contributed by atoms with E-state index in [2.05, 4.69) is 22.9 Å². The molecule has 0 aromatic heterocycles. The molecule has 0 rings (SSSR count). The summed E-state index contributed by atoms with van der Waals surface area (Å²) in [4.78, 5) is 22.7. The van der Waals surface area contributed by atoms with E-state index >= 15 is 0 Å². The minimum Gasteiger partial charge on any atom is -0.481 e. The SMILES string of the molecule is CC(C#N)(CCC(=O)O)/N=N/C(C)(C#N)CCC(=O)SCCCCCCS. The molecule has 0 aliphatic carbocycles. The number of nitrogens with zero attached hydrogens (tertiary/aromatic N) is 4. The average molecular weight is 413 g/mol. The van der Waals surface area contributed by atoms with Gasteiger partial charge in [-0.15, -0.1) is 0 Å². The van der Waals surface area contributed by atoms with Crippen LogP contribution in [0.2, 0.25) is 0 Å². The molecule has 0 aliphatic rings. The zero-order chi connectivity index (χ0) is 20.8. The van der Waals surface area contributed by atoms with E-state index in [0.717, 1.165) is 37.2 Å². The van der Waals surface area contributed by atoms with Gasteiger partial charge in [-0.2, -0.15) is 33.4 Å². The standard InChI is InChI=1S/C18H28N4O3S2/c1-17(13-19,9-7-15(23)24)21-22-18(2,14-20)10-8-16(25)27-12-6-4-3-5-11-26/h26H,3-12H2,1-2H3,(H,23,24)/b22-21+. The third kappa shape index (κ3) is 12.4. The van der Waals surface area contributed by atoms with Gasteiger partial charge in [-0.1, -0.05) is 24.6 Å². The maximum absolute atomic E-state index is 12.0. The normalized spacial score (nSPS) is 15.4. The molecule has 0 amide bonds. The minimum atomic E-state index is -1.30. The molecule has 0 spiro atoms. The minimum absolute atomic E-state index is 0.00580. The monoisotopic (exact) mass is 412 g/mol. The fourth-order valence-corrected chi connectivity index (χ4v) is 3.04. The Kier molecular flexibility index (Phi) is 12.8. The lowest BCUT2D eigenvalue weighted by Crippen LogP contribution is -2.25. The van der Waals surface area contributed by atoms with Gasteiger partial charge >= 0.3 is 5.97 Å². The Morgan fingerprint density at radius 2 is 1.52 bits per heavy atom. The number of aliphatic carboxylic acids is 1. The van der Waals surface area contributed by atoms with Gasteiger partial charge in [0.1, 0.15) is 0 Å². The predicted molar refractivity (Wildman–Crippen MR) is 109 cm³/mol. The Labute approximate surface area is 171 Å². The molecular weight excluding hydrogens is 384 g/mol. The zero-order valence-corrected chi connectivity index (χ0v) is 17.7. The second-order valence-electron chi connectivity index (χ2n) is 6.72. The summed E-state index contributed by atoms with van der Waals surface area (Å²) < 4.78 is 0. The van der Waals surface area contributed by atoms with Crippen molar-refractivity contribution in [2.45, 2.75) is 76.3 Å². The lowest BCUT2D eigenvalue weighted by molar-refractivity contribution is -0.137. The van der Waals surface area contributed by atoms with Crippen molar-refractivity contribution in [2.75, 3.05) is 11.5 Å². The zero-order valence-electron chi connectivity index (χ0n) is 16.0. The fraction of sp³-hybridized carbons (Fsp3) is 0.778. The van der Waals surface area contributed by atoms with Crippen LogP contribution in [0.1, 0.15) is 65.2 Å². The highest BCUT2D eigenvalue weighted by atomic mass is 32.2. The van der Waals surface area contributed by atoms with Gasteiger partial charge in [0, 0.05) is 18.6 Å². The highest BCUT2D eigenvalue weighted by molar-refractivity contribution is 8.13. The first-order valence-electron chi connectivity index (χ1n) is 8.95. The number of carboxylic acid groups (broad SMARTS) is 1. The molecule has 0 heterocycles. The third-order valence-corrected chi connectivity index (χ3v) is 5.27. The van der Waals surface area contributed by atoms with Crippen LogP contribution in [0.15, 0.2) is 10.2 Å². The lowest BCUT2D eigenvalue weighted by Gasteiger charge is -2.18. The van der Waals surface area contributed by atoms with Gasteiger partial charge in [-0.25, -0.2) is 0 Å². The van der Waals surface area contributed by atoms with E-state index in [1.165, 1.54) is 18.7 Å². The van der Waals surface area contributed by atoms with Gasteiger partial charge in [0.05, 0.1) is 12.1 Å². The van der Waals surface area contributed by atoms with Crippen molar-refractivity contribution in [2.24, 2.45) is 10.2 Å². The molecular formula is C18H28N4O3S2. The van der Waals surface area contributed by atoms with Crippen LogP contribution < -0.4 is 0 Å². The van der Waals surface area contributed by atoms with Crippen LogP contribution in [0, 0.1) is 22.7 Å². The van der Waals surface area contributed by atoms with Crippen molar-refractivity contribution >= 4 is 35.5 Å². The van der Waals surface area contributed by atoms with Crippen molar-refractivity contribution in [1.29, 1.82) is 10.5 Å². The van der Waals surface area contributed by atoms with Crippen LogP contribution in [-0.2, 0) is 9.59 Å². The smallest absolute Gasteiger partial charge is 0.303 e. The first-order valence-corrected chi connectivity index (χ1v) is 10.6. The van der Waals surface area contributed by atoms with Crippen molar-refractivity contribution in [1.82, 2.24) is 0 Å². The highest BCUT2D eigenvalue weighted by Crippen LogP contribution is 2.24. The van der Waals surface area contributed by atoms with Crippen molar-refractivity contribution in [3.05, 3.63) is 0 Å². The molecule has 0 aromatic carbocycles. The molecule has 0 aliphatic heterocycles. The topological polar surface area (TPSA) is 127 Å². The maximum atomic E-state index is 12.0. The number of thioether (sulfide) groups is 1. The van der Waals surface area contributed by atoms with Crippen LogP contribution in [0.25, 0.3) is 0 Å². The Morgan fingerprint density at radius 1 is 1.00 bits per heavy atom. The molecule has 1 N–H and O–H groups in total. The number of nitriles is 2. The van der Waals surface area contributed by atoms with Gasteiger partial charge in [0.15, 0.2) is 16.2 Å². The Balaban J connectivity index is 4.50. The number of carboxylic acids is 1. The molecule has 0 radical (unpaired) electrons. The van der Waals surface area contributed by atoms with Gasteiger partial charge in [0.25, 0.3) is 0 Å². The molecule has 0 saturated carbocycles. The number of carbonyl (C=O) groups is 2. The van der Waals surface area contributed by atoms with Crippen LogP contribution >= 0.6 is 24.4 Å². The number of azo groups is 1. The second-order valence-corrected chi connectivity index (χ2v) is 8.32. The highest BCUT2D eigenvalue weighted by Gasteiger charge is 2.29. The Hall–Kier alpha value is -1.58. The number of thiol groups is 1. The van der Waals surface area contributed by atoms with Gasteiger partial charge in [-0.05, 0) is 45.3 Å². The molecule has 9 heteroatoms. The van der Waals surface area contributed by atoms with E-state index in [1.54, 1.807) is 6.92 Å². The van der Waals surface area contributed by atoms with E-state index < -0.39 is 17.0 Å². The first-order chi connectivity index (χ1) is 12.7. The van der Waals surface area contributed by atoms with Gasteiger partial charge in [0.2, 0.25) is 0 Å². The largest absolute Gasteiger partial charge is 0.481 e. The van der Waals surface area contributed by atoms with Crippen molar-refractivity contribution in [3.63, 3.8) is 0 Å². The summed E-state index contributed by atoms with van der Waals surface area (Å²) in [6.07, 6.45) is 4.45. The molecule has 0 bridgehead atoms. The summed E-state index contributed by atoms with van der Waals surface area (Å²) >= 11 is 5.43. The maximum Gasteiger partial charge on any atom is 0.303 e. The second kappa shape index (κ2) is 13.6. The average Bonchev–Trinajstić information content (AvgIpc) is 2.66. The molecule has 150 valence electrons. The number of hydrogen-bond donors (Lipinski definition) is 2. The number of hydrogen-bond acceptors (Lipinski definition) is 8. The third-order valence-electron chi connectivity index (χ3n) is 3.93. The summed E-state index contributed by atoms with van der Waals surface area (Å²) in [5.41, 5.74) is -2.52.